The number of ether oxygens (including phenoxy) is 1. The van der Waals surface area contributed by atoms with Crippen molar-refractivity contribution in [3.05, 3.63) is 63.8 Å². The average Bonchev–Trinajstić information content (AvgIpc) is 3.17. The van der Waals surface area contributed by atoms with E-state index in [0.717, 1.165) is 28.1 Å². The minimum atomic E-state index is -0.298. The molecule has 1 unspecified atom stereocenters. The number of nitrogens with zero attached hydrogens (tertiary/aromatic N) is 3. The highest BCUT2D eigenvalue weighted by molar-refractivity contribution is 5.94. The second kappa shape index (κ2) is 7.88. The highest BCUT2D eigenvalue weighted by atomic mass is 16.5. The van der Waals surface area contributed by atoms with Gasteiger partial charge >= 0.3 is 0 Å². The zero-order valence-electron chi connectivity index (χ0n) is 17.2. The van der Waals surface area contributed by atoms with Crippen LogP contribution in [0, 0.1) is 27.7 Å². The number of hydrogen-bond acceptors (Lipinski definition) is 5. The average molecular weight is 382 g/mol. The minimum absolute atomic E-state index is 0.203. The van der Waals surface area contributed by atoms with Crippen molar-refractivity contribution in [1.29, 1.82) is 0 Å². The fraction of sp³-hybridized carbons (Fsp3) is 0.381. The molecule has 0 aliphatic heterocycles. The molecular formula is C21H26N4O3. The third kappa shape index (κ3) is 3.78. The smallest absolute Gasteiger partial charge is 0.274 e. The van der Waals surface area contributed by atoms with Gasteiger partial charge in [0.25, 0.3) is 5.91 Å². The number of hydrogen-bond donors (Lipinski definition) is 1. The van der Waals surface area contributed by atoms with Crippen molar-refractivity contribution >= 4 is 5.91 Å². The van der Waals surface area contributed by atoms with Gasteiger partial charge in [0, 0.05) is 18.3 Å². The largest absolute Gasteiger partial charge is 0.488 e. The molecule has 0 aliphatic carbocycles. The van der Waals surface area contributed by atoms with Crippen molar-refractivity contribution < 1.29 is 14.1 Å². The van der Waals surface area contributed by atoms with Gasteiger partial charge in [-0.2, -0.15) is 5.10 Å². The maximum atomic E-state index is 12.8. The number of aromatic nitrogens is 3. The summed E-state index contributed by atoms with van der Waals surface area (Å²) in [5, 5.41) is 11.2. The van der Waals surface area contributed by atoms with Gasteiger partial charge in [-0.05, 0) is 45.7 Å². The molecule has 1 N–H and O–H groups in total. The number of benzene rings is 1. The summed E-state index contributed by atoms with van der Waals surface area (Å²) in [4.78, 5) is 12.8. The van der Waals surface area contributed by atoms with Crippen LogP contribution in [0.3, 0.4) is 0 Å². The van der Waals surface area contributed by atoms with Crippen LogP contribution in [0.4, 0.5) is 0 Å². The van der Waals surface area contributed by atoms with Crippen molar-refractivity contribution in [3.8, 4) is 5.75 Å². The lowest BCUT2D eigenvalue weighted by molar-refractivity contribution is 0.0928. The van der Waals surface area contributed by atoms with Gasteiger partial charge in [-0.3, -0.25) is 9.48 Å². The van der Waals surface area contributed by atoms with E-state index in [1.54, 1.807) is 17.8 Å². The Morgan fingerprint density at radius 1 is 1.25 bits per heavy atom. The number of carbonyl (C=O) groups excluding carboxylic acids is 1. The van der Waals surface area contributed by atoms with Crippen LogP contribution in [0.1, 0.15) is 57.2 Å². The van der Waals surface area contributed by atoms with Gasteiger partial charge in [-0.25, -0.2) is 0 Å². The van der Waals surface area contributed by atoms with E-state index in [2.05, 4.69) is 15.6 Å². The molecule has 148 valence electrons. The number of rotatable bonds is 6. The molecule has 0 saturated heterocycles. The summed E-state index contributed by atoms with van der Waals surface area (Å²) in [6.07, 6.45) is 1.76. The lowest BCUT2D eigenvalue weighted by Gasteiger charge is -2.14. The third-order valence-electron chi connectivity index (χ3n) is 5.06. The van der Waals surface area contributed by atoms with Crippen LogP contribution in [0.25, 0.3) is 0 Å². The van der Waals surface area contributed by atoms with Gasteiger partial charge in [-0.1, -0.05) is 23.4 Å². The molecule has 1 atom stereocenters. The van der Waals surface area contributed by atoms with Gasteiger partial charge in [0.1, 0.15) is 18.1 Å². The molecule has 0 radical (unpaired) electrons. The van der Waals surface area contributed by atoms with Crippen LogP contribution in [0.15, 0.2) is 28.9 Å². The fourth-order valence-electron chi connectivity index (χ4n) is 3.19. The Bertz CT molecular complexity index is 983. The summed E-state index contributed by atoms with van der Waals surface area (Å²) in [5.74, 6) is 1.09. The lowest BCUT2D eigenvalue weighted by atomic mass is 10.1. The van der Waals surface area contributed by atoms with Crippen LogP contribution < -0.4 is 10.1 Å². The van der Waals surface area contributed by atoms with Crippen molar-refractivity contribution in [2.75, 3.05) is 0 Å². The second-order valence-corrected chi connectivity index (χ2v) is 7.08. The molecule has 7 heteroatoms. The molecular weight excluding hydrogens is 356 g/mol. The summed E-state index contributed by atoms with van der Waals surface area (Å²) >= 11 is 0. The van der Waals surface area contributed by atoms with E-state index in [1.807, 2.05) is 52.9 Å². The monoisotopic (exact) mass is 382 g/mol. The van der Waals surface area contributed by atoms with Gasteiger partial charge < -0.3 is 14.6 Å². The standard InChI is InChI=1S/C21H26N4O3/c1-12-8-7-9-13(2)20(12)27-11-18-16(5)28-24-19(18)21(26)23-14(3)17-10-22-25(6)15(17)4/h7-10,14H,11H2,1-6H3,(H,23,26). The zero-order valence-corrected chi connectivity index (χ0v) is 17.2. The highest BCUT2D eigenvalue weighted by Gasteiger charge is 2.23. The molecule has 7 nitrogen and oxygen atoms in total. The number of amides is 1. The number of carbonyl (C=O) groups is 1. The molecule has 3 aromatic rings. The summed E-state index contributed by atoms with van der Waals surface area (Å²) in [7, 11) is 1.87. The Kier molecular flexibility index (Phi) is 5.53. The molecule has 3 rings (SSSR count). The predicted octanol–water partition coefficient (Wildman–Crippen LogP) is 3.71. The molecule has 0 bridgehead atoms. The first-order chi connectivity index (χ1) is 13.3. The quantitative estimate of drug-likeness (QED) is 0.703. The first-order valence-electron chi connectivity index (χ1n) is 9.23. The molecule has 0 spiro atoms. The van der Waals surface area contributed by atoms with Gasteiger partial charge in [0.2, 0.25) is 0 Å². The normalized spacial score (nSPS) is 12.1. The Morgan fingerprint density at radius 3 is 2.54 bits per heavy atom. The highest BCUT2D eigenvalue weighted by Crippen LogP contribution is 2.25. The molecule has 2 heterocycles. The second-order valence-electron chi connectivity index (χ2n) is 7.08. The first-order valence-corrected chi connectivity index (χ1v) is 9.23. The third-order valence-corrected chi connectivity index (χ3v) is 5.06. The Labute approximate surface area is 164 Å². The molecule has 0 fully saturated rings. The van der Waals surface area contributed by atoms with Crippen molar-refractivity contribution in [2.45, 2.75) is 47.3 Å². The number of para-hydroxylation sites is 1. The van der Waals surface area contributed by atoms with Crippen LogP contribution in [0.5, 0.6) is 5.75 Å². The molecule has 2 aromatic heterocycles. The summed E-state index contributed by atoms with van der Waals surface area (Å²) in [6, 6.07) is 5.77. The molecule has 1 amide bonds. The number of nitrogens with one attached hydrogen (secondary N) is 1. The van der Waals surface area contributed by atoms with Crippen molar-refractivity contribution in [2.24, 2.45) is 7.05 Å². The molecule has 1 aromatic carbocycles. The fourth-order valence-corrected chi connectivity index (χ4v) is 3.19. The van der Waals surface area contributed by atoms with E-state index >= 15 is 0 Å². The zero-order chi connectivity index (χ0) is 20.4. The van der Waals surface area contributed by atoms with Crippen LogP contribution in [0.2, 0.25) is 0 Å². The van der Waals surface area contributed by atoms with E-state index in [4.69, 9.17) is 9.26 Å². The van der Waals surface area contributed by atoms with Crippen LogP contribution in [-0.4, -0.2) is 20.8 Å². The summed E-state index contributed by atoms with van der Waals surface area (Å²) in [5.41, 5.74) is 4.95. The van der Waals surface area contributed by atoms with E-state index in [9.17, 15) is 4.79 Å². The SMILES string of the molecule is Cc1cccc(C)c1OCc1c(C(=O)NC(C)c2cnn(C)c2C)noc1C. The maximum Gasteiger partial charge on any atom is 0.274 e. The van der Waals surface area contributed by atoms with Gasteiger partial charge in [0.15, 0.2) is 5.69 Å². The topological polar surface area (TPSA) is 82.2 Å². The van der Waals surface area contributed by atoms with Crippen LogP contribution in [-0.2, 0) is 13.7 Å². The maximum absolute atomic E-state index is 12.8. The molecule has 0 saturated carbocycles. The Balaban J connectivity index is 1.76. The number of aryl methyl sites for hydroxylation is 4. The first kappa shape index (κ1) is 19.7. The molecule has 0 aliphatic rings. The van der Waals surface area contributed by atoms with E-state index in [1.165, 1.54) is 0 Å². The van der Waals surface area contributed by atoms with Gasteiger partial charge in [0.05, 0.1) is 17.8 Å². The van der Waals surface area contributed by atoms with Gasteiger partial charge in [-0.15, -0.1) is 0 Å². The van der Waals surface area contributed by atoms with E-state index in [0.29, 0.717) is 11.3 Å². The Morgan fingerprint density at radius 2 is 1.93 bits per heavy atom. The van der Waals surface area contributed by atoms with Crippen molar-refractivity contribution in [1.82, 2.24) is 20.3 Å². The minimum Gasteiger partial charge on any atom is -0.488 e. The Hall–Kier alpha value is -3.09. The van der Waals surface area contributed by atoms with Crippen LogP contribution >= 0.6 is 0 Å². The van der Waals surface area contributed by atoms with E-state index in [-0.39, 0.29) is 24.2 Å². The van der Waals surface area contributed by atoms with E-state index < -0.39 is 0 Å². The lowest BCUT2D eigenvalue weighted by Crippen LogP contribution is -2.28. The predicted molar refractivity (Wildman–Crippen MR) is 105 cm³/mol. The summed E-state index contributed by atoms with van der Waals surface area (Å²) < 4.78 is 13.1. The van der Waals surface area contributed by atoms with Crippen molar-refractivity contribution in [3.63, 3.8) is 0 Å². The molecule has 28 heavy (non-hydrogen) atoms. The summed E-state index contributed by atoms with van der Waals surface area (Å²) in [6.45, 7) is 9.87.